The van der Waals surface area contributed by atoms with Crippen LogP contribution in [-0.4, -0.2) is 63.1 Å². The highest BCUT2D eigenvalue weighted by Crippen LogP contribution is 2.26. The molecule has 26 heavy (non-hydrogen) atoms. The second-order valence-corrected chi connectivity index (χ2v) is 6.48. The van der Waals surface area contributed by atoms with Crippen LogP contribution < -0.4 is 20.1 Å². The van der Waals surface area contributed by atoms with Crippen molar-refractivity contribution in [1.82, 2.24) is 15.2 Å². The van der Waals surface area contributed by atoms with E-state index in [-0.39, 0.29) is 17.5 Å². The van der Waals surface area contributed by atoms with Crippen molar-refractivity contribution < 1.29 is 19.1 Å². The van der Waals surface area contributed by atoms with Crippen molar-refractivity contribution in [2.45, 2.75) is 0 Å². The van der Waals surface area contributed by atoms with E-state index in [1.165, 1.54) is 25.6 Å². The average Bonchev–Trinajstić information content (AvgIpc) is 3.09. The molecular formula is C17H22N4O4S. The van der Waals surface area contributed by atoms with Crippen LogP contribution in [0.15, 0.2) is 23.6 Å². The Morgan fingerprint density at radius 1 is 1.19 bits per heavy atom. The topological polar surface area (TPSA) is 92.8 Å². The highest BCUT2D eigenvalue weighted by Gasteiger charge is 2.16. The second-order valence-electron chi connectivity index (χ2n) is 5.62. The zero-order chi connectivity index (χ0) is 19.1. The summed E-state index contributed by atoms with van der Waals surface area (Å²) in [6, 6.07) is 4.90. The third-order valence-corrected chi connectivity index (χ3v) is 4.21. The molecule has 2 aromatic rings. The minimum atomic E-state index is -0.376. The zero-order valence-electron chi connectivity index (χ0n) is 15.2. The van der Waals surface area contributed by atoms with Gasteiger partial charge in [-0.3, -0.25) is 14.9 Å². The lowest BCUT2D eigenvalue weighted by atomic mass is 10.2. The quantitative estimate of drug-likeness (QED) is 0.726. The van der Waals surface area contributed by atoms with Gasteiger partial charge >= 0.3 is 0 Å². The number of amides is 2. The van der Waals surface area contributed by atoms with Crippen molar-refractivity contribution in [2.75, 3.05) is 46.7 Å². The van der Waals surface area contributed by atoms with E-state index in [1.807, 2.05) is 19.0 Å². The minimum absolute atomic E-state index is 0.269. The number of thiazole rings is 1. The van der Waals surface area contributed by atoms with Gasteiger partial charge in [0.05, 0.1) is 19.8 Å². The van der Waals surface area contributed by atoms with Crippen LogP contribution in [-0.2, 0) is 0 Å². The number of likely N-dealkylation sites (N-methyl/N-ethyl adjacent to an activating group) is 1. The van der Waals surface area contributed by atoms with Crippen LogP contribution in [0.1, 0.15) is 20.8 Å². The molecule has 0 aliphatic heterocycles. The van der Waals surface area contributed by atoms with Gasteiger partial charge in [0, 0.05) is 24.5 Å². The Balaban J connectivity index is 2.02. The summed E-state index contributed by atoms with van der Waals surface area (Å²) in [6.45, 7) is 1.25. The zero-order valence-corrected chi connectivity index (χ0v) is 16.0. The summed E-state index contributed by atoms with van der Waals surface area (Å²) in [6.07, 6.45) is 0. The van der Waals surface area contributed by atoms with Crippen molar-refractivity contribution in [2.24, 2.45) is 0 Å². The molecule has 1 heterocycles. The summed E-state index contributed by atoms with van der Waals surface area (Å²) in [5, 5.41) is 7.40. The summed E-state index contributed by atoms with van der Waals surface area (Å²) in [4.78, 5) is 30.6. The fourth-order valence-electron chi connectivity index (χ4n) is 2.07. The van der Waals surface area contributed by atoms with Gasteiger partial charge in [0.25, 0.3) is 11.8 Å². The SMILES string of the molecule is COc1ccc(C(=O)Nc2nc(C(=O)NCCN(C)C)cs2)c(OC)c1. The normalized spacial score (nSPS) is 10.5. The number of carbonyl (C=O) groups excluding carboxylic acids is 2. The van der Waals surface area contributed by atoms with Gasteiger partial charge in [-0.05, 0) is 26.2 Å². The molecule has 0 aliphatic rings. The van der Waals surface area contributed by atoms with E-state index in [2.05, 4.69) is 15.6 Å². The monoisotopic (exact) mass is 378 g/mol. The number of carbonyl (C=O) groups is 2. The molecule has 0 fully saturated rings. The number of methoxy groups -OCH3 is 2. The van der Waals surface area contributed by atoms with Crippen LogP contribution >= 0.6 is 11.3 Å². The van der Waals surface area contributed by atoms with E-state index in [0.717, 1.165) is 6.54 Å². The van der Waals surface area contributed by atoms with E-state index >= 15 is 0 Å². The maximum atomic E-state index is 12.4. The number of nitrogens with zero attached hydrogens (tertiary/aromatic N) is 2. The van der Waals surface area contributed by atoms with Gasteiger partial charge in [-0.15, -0.1) is 11.3 Å². The van der Waals surface area contributed by atoms with Gasteiger partial charge in [-0.1, -0.05) is 0 Å². The van der Waals surface area contributed by atoms with Crippen molar-refractivity contribution >= 4 is 28.3 Å². The molecule has 1 aromatic heterocycles. The largest absolute Gasteiger partial charge is 0.497 e. The fraction of sp³-hybridized carbons (Fsp3) is 0.353. The number of nitrogens with one attached hydrogen (secondary N) is 2. The van der Waals surface area contributed by atoms with E-state index in [0.29, 0.717) is 28.7 Å². The van der Waals surface area contributed by atoms with Gasteiger partial charge in [-0.2, -0.15) is 0 Å². The first-order valence-electron chi connectivity index (χ1n) is 7.86. The number of hydrogen-bond acceptors (Lipinski definition) is 7. The molecule has 140 valence electrons. The van der Waals surface area contributed by atoms with Crippen LogP contribution in [0.25, 0.3) is 0 Å². The number of hydrogen-bond donors (Lipinski definition) is 2. The molecule has 0 bridgehead atoms. The van der Waals surface area contributed by atoms with Crippen LogP contribution in [0.4, 0.5) is 5.13 Å². The maximum Gasteiger partial charge on any atom is 0.270 e. The standard InChI is InChI=1S/C17H22N4O4S/c1-21(2)8-7-18-16(23)13-10-26-17(19-13)20-15(22)12-6-5-11(24-3)9-14(12)25-4/h5-6,9-10H,7-8H2,1-4H3,(H,18,23)(H,19,20,22). The third-order valence-electron chi connectivity index (χ3n) is 3.46. The van der Waals surface area contributed by atoms with Crippen molar-refractivity contribution in [3.63, 3.8) is 0 Å². The number of rotatable bonds is 8. The molecule has 0 aliphatic carbocycles. The first kappa shape index (κ1) is 19.7. The van der Waals surface area contributed by atoms with Crippen LogP contribution in [0, 0.1) is 0 Å². The lowest BCUT2D eigenvalue weighted by molar-refractivity contribution is 0.0945. The smallest absolute Gasteiger partial charge is 0.270 e. The Hall–Kier alpha value is -2.65. The first-order chi connectivity index (χ1) is 12.4. The van der Waals surface area contributed by atoms with E-state index in [1.54, 1.807) is 23.6 Å². The molecule has 2 N–H and O–H groups in total. The molecule has 0 spiro atoms. The molecule has 0 unspecified atom stereocenters. The van der Waals surface area contributed by atoms with Crippen LogP contribution in [0.2, 0.25) is 0 Å². The van der Waals surface area contributed by atoms with Gasteiger partial charge in [0.1, 0.15) is 17.2 Å². The number of benzene rings is 1. The molecule has 0 saturated carbocycles. The first-order valence-corrected chi connectivity index (χ1v) is 8.74. The minimum Gasteiger partial charge on any atom is -0.497 e. The number of ether oxygens (including phenoxy) is 2. The third kappa shape index (κ3) is 5.17. The van der Waals surface area contributed by atoms with E-state index in [9.17, 15) is 9.59 Å². The van der Waals surface area contributed by atoms with E-state index in [4.69, 9.17) is 9.47 Å². The molecule has 2 amide bonds. The second kappa shape index (κ2) is 9.16. The highest BCUT2D eigenvalue weighted by atomic mass is 32.1. The molecule has 8 nitrogen and oxygen atoms in total. The van der Waals surface area contributed by atoms with Gasteiger partial charge in [0.2, 0.25) is 0 Å². The van der Waals surface area contributed by atoms with Crippen LogP contribution in [0.5, 0.6) is 11.5 Å². The van der Waals surface area contributed by atoms with E-state index < -0.39 is 0 Å². The van der Waals surface area contributed by atoms with Gasteiger partial charge < -0.3 is 19.7 Å². The van der Waals surface area contributed by atoms with Gasteiger partial charge in [-0.25, -0.2) is 4.98 Å². The molecular weight excluding hydrogens is 356 g/mol. The lowest BCUT2D eigenvalue weighted by Gasteiger charge is -2.10. The number of anilines is 1. The highest BCUT2D eigenvalue weighted by molar-refractivity contribution is 7.14. The summed E-state index contributed by atoms with van der Waals surface area (Å²) in [5.74, 6) is 0.327. The van der Waals surface area contributed by atoms with Crippen LogP contribution in [0.3, 0.4) is 0 Å². The van der Waals surface area contributed by atoms with Crippen molar-refractivity contribution in [1.29, 1.82) is 0 Å². The summed E-state index contributed by atoms with van der Waals surface area (Å²) in [5.41, 5.74) is 0.617. The molecule has 0 atom stereocenters. The fourth-order valence-corrected chi connectivity index (χ4v) is 2.76. The molecule has 0 radical (unpaired) electrons. The summed E-state index contributed by atoms with van der Waals surface area (Å²) in [7, 11) is 6.87. The summed E-state index contributed by atoms with van der Waals surface area (Å²) >= 11 is 1.18. The van der Waals surface area contributed by atoms with Crippen molar-refractivity contribution in [3.8, 4) is 11.5 Å². The molecule has 2 rings (SSSR count). The predicted molar refractivity (Wildman–Crippen MR) is 101 cm³/mol. The Labute approximate surface area is 156 Å². The van der Waals surface area contributed by atoms with Crippen molar-refractivity contribution in [3.05, 3.63) is 34.8 Å². The Bertz CT molecular complexity index is 776. The molecule has 0 saturated heterocycles. The average molecular weight is 378 g/mol. The number of aromatic nitrogens is 1. The lowest BCUT2D eigenvalue weighted by Crippen LogP contribution is -2.31. The molecule has 9 heteroatoms. The Morgan fingerprint density at radius 3 is 2.62 bits per heavy atom. The Kier molecular flexibility index (Phi) is 6.93. The predicted octanol–water partition coefficient (Wildman–Crippen LogP) is 1.70. The molecule has 1 aromatic carbocycles. The maximum absolute atomic E-state index is 12.4. The Morgan fingerprint density at radius 2 is 1.96 bits per heavy atom. The summed E-state index contributed by atoms with van der Waals surface area (Å²) < 4.78 is 10.3. The van der Waals surface area contributed by atoms with Gasteiger partial charge in [0.15, 0.2) is 5.13 Å².